The number of hydrogen-bond donors (Lipinski definition) is 1. The Bertz CT molecular complexity index is 1280. The fourth-order valence-electron chi connectivity index (χ4n) is 3.88. The lowest BCUT2D eigenvalue weighted by Crippen LogP contribution is -2.15. The van der Waals surface area contributed by atoms with Crippen molar-refractivity contribution in [2.75, 3.05) is 5.32 Å². The summed E-state index contributed by atoms with van der Waals surface area (Å²) in [5.41, 5.74) is 0.919. The smallest absolute Gasteiger partial charge is 0.270 e. The van der Waals surface area contributed by atoms with E-state index in [1.165, 1.54) is 28.9 Å². The third kappa shape index (κ3) is 4.70. The van der Waals surface area contributed by atoms with Crippen LogP contribution in [0.5, 0.6) is 0 Å². The maximum Gasteiger partial charge on any atom is 0.270 e. The molecule has 1 amide bonds. The Morgan fingerprint density at radius 1 is 1.33 bits per heavy atom. The van der Waals surface area contributed by atoms with E-state index in [2.05, 4.69) is 26.8 Å². The first-order chi connectivity index (χ1) is 15.9. The fraction of sp³-hybridized carbons (Fsp3) is 0.273. The normalized spacial score (nSPS) is 13.6. The number of carbonyl (C=O) groups is 1. The molecule has 33 heavy (non-hydrogen) atoms. The minimum absolute atomic E-state index is 0.0151. The lowest BCUT2D eigenvalue weighted by atomic mass is 9.92. The molecular formula is C22H19FN6O3S. The highest BCUT2D eigenvalue weighted by atomic mass is 32.2. The zero-order chi connectivity index (χ0) is 23.5. The molecule has 0 radical (unpaired) electrons. The molecule has 0 unspecified atom stereocenters. The van der Waals surface area contributed by atoms with Gasteiger partial charge in [0.2, 0.25) is 5.16 Å². The van der Waals surface area contributed by atoms with Crippen molar-refractivity contribution in [2.24, 2.45) is 7.05 Å². The summed E-state index contributed by atoms with van der Waals surface area (Å²) in [5.74, 6) is 1.47. The maximum atomic E-state index is 14.9. The average molecular weight is 466 g/mol. The minimum atomic E-state index is -0.716. The van der Waals surface area contributed by atoms with Crippen molar-refractivity contribution >= 4 is 29.0 Å². The number of aromatic nitrogens is 4. The Morgan fingerprint density at radius 3 is 2.73 bits per heavy atom. The van der Waals surface area contributed by atoms with Gasteiger partial charge in [0.25, 0.3) is 11.6 Å². The van der Waals surface area contributed by atoms with Crippen LogP contribution in [0, 0.1) is 28.3 Å². The molecule has 1 fully saturated rings. The van der Waals surface area contributed by atoms with Crippen LogP contribution in [0.4, 0.5) is 15.8 Å². The summed E-state index contributed by atoms with van der Waals surface area (Å²) in [7, 11) is 1.62. The minimum Gasteiger partial charge on any atom is -0.319 e. The molecule has 3 aromatic rings. The zero-order valence-corrected chi connectivity index (χ0v) is 18.4. The molecule has 2 aromatic carbocycles. The van der Waals surface area contributed by atoms with Crippen LogP contribution in [-0.4, -0.2) is 31.0 Å². The first-order valence-electron chi connectivity index (χ1n) is 10.2. The van der Waals surface area contributed by atoms with Crippen LogP contribution in [0.25, 0.3) is 0 Å². The van der Waals surface area contributed by atoms with Crippen molar-refractivity contribution in [1.29, 1.82) is 0 Å². The Kier molecular flexibility index (Phi) is 6.37. The number of rotatable bonds is 6. The molecular weight excluding hydrogens is 447 g/mol. The second-order valence-corrected chi connectivity index (χ2v) is 8.63. The van der Waals surface area contributed by atoms with E-state index < -0.39 is 16.6 Å². The number of hydrogen-bond acceptors (Lipinski definition) is 7. The highest BCUT2D eigenvalue weighted by Gasteiger charge is 2.24. The number of halogens is 1. The van der Waals surface area contributed by atoms with E-state index >= 15 is 0 Å². The third-order valence-corrected chi connectivity index (χ3v) is 6.64. The number of non-ortho nitro benzene ring substituents is 1. The van der Waals surface area contributed by atoms with Crippen LogP contribution in [0.1, 0.15) is 53.1 Å². The van der Waals surface area contributed by atoms with Gasteiger partial charge in [-0.1, -0.05) is 18.8 Å². The predicted octanol–water partition coefficient (Wildman–Crippen LogP) is 4.30. The standard InChI is InChI=1S/C22H19FN6O3S/c1-3-13-10-19(18(23)12-16(13)14-6-4-5-7-14)24-21(30)17-11-15(29(31)32)8-9-20(17)33-22-25-26-27-28(22)2/h1,8-12,14H,4-7H2,2H3,(H,24,30). The second kappa shape index (κ2) is 9.38. The number of terminal acetylenes is 1. The summed E-state index contributed by atoms with van der Waals surface area (Å²) < 4.78 is 16.3. The van der Waals surface area contributed by atoms with Gasteiger partial charge in [0, 0.05) is 29.6 Å². The van der Waals surface area contributed by atoms with Gasteiger partial charge in [-0.15, -0.1) is 11.5 Å². The van der Waals surface area contributed by atoms with E-state index in [1.54, 1.807) is 7.05 Å². The summed E-state index contributed by atoms with van der Waals surface area (Å²) in [4.78, 5) is 24.1. The van der Waals surface area contributed by atoms with Gasteiger partial charge in [0.1, 0.15) is 5.82 Å². The molecule has 0 spiro atoms. The van der Waals surface area contributed by atoms with Crippen LogP contribution >= 0.6 is 11.8 Å². The SMILES string of the molecule is C#Cc1cc(NC(=O)c2cc([N+](=O)[O-])ccc2Sc2nnnn2C)c(F)cc1C1CCCC1. The van der Waals surface area contributed by atoms with Gasteiger partial charge in [-0.3, -0.25) is 14.9 Å². The third-order valence-electron chi connectivity index (χ3n) is 5.54. The van der Waals surface area contributed by atoms with E-state index in [0.29, 0.717) is 15.6 Å². The number of anilines is 1. The molecule has 9 nitrogen and oxygen atoms in total. The fourth-order valence-corrected chi connectivity index (χ4v) is 4.72. The number of nitrogens with zero attached hydrogens (tertiary/aromatic N) is 5. The highest BCUT2D eigenvalue weighted by Crippen LogP contribution is 2.38. The van der Waals surface area contributed by atoms with Crippen molar-refractivity contribution in [3.63, 3.8) is 0 Å². The Hall–Kier alpha value is -3.78. The number of tetrazole rings is 1. The number of nitrogens with one attached hydrogen (secondary N) is 1. The first-order valence-corrected chi connectivity index (χ1v) is 11.0. The lowest BCUT2D eigenvalue weighted by Gasteiger charge is -2.16. The van der Waals surface area contributed by atoms with E-state index in [-0.39, 0.29) is 22.9 Å². The van der Waals surface area contributed by atoms with E-state index in [1.807, 2.05) is 0 Å². The molecule has 11 heteroatoms. The number of nitro benzene ring substituents is 1. The predicted molar refractivity (Wildman–Crippen MR) is 120 cm³/mol. The first kappa shape index (κ1) is 22.4. The topological polar surface area (TPSA) is 116 Å². The molecule has 1 aromatic heterocycles. The molecule has 0 atom stereocenters. The summed E-state index contributed by atoms with van der Waals surface area (Å²) in [6.45, 7) is 0. The van der Waals surface area contributed by atoms with Gasteiger partial charge in [-0.05, 0) is 64.7 Å². The zero-order valence-electron chi connectivity index (χ0n) is 17.6. The molecule has 1 aliphatic carbocycles. The van der Waals surface area contributed by atoms with Crippen LogP contribution in [0.15, 0.2) is 40.4 Å². The maximum absolute atomic E-state index is 14.9. The van der Waals surface area contributed by atoms with E-state index in [4.69, 9.17) is 6.42 Å². The number of benzene rings is 2. The van der Waals surface area contributed by atoms with Gasteiger partial charge in [-0.2, -0.15) is 0 Å². The molecule has 0 saturated heterocycles. The van der Waals surface area contributed by atoms with Gasteiger partial charge >= 0.3 is 0 Å². The van der Waals surface area contributed by atoms with Crippen molar-refractivity contribution < 1.29 is 14.1 Å². The van der Waals surface area contributed by atoms with Crippen molar-refractivity contribution in [3.05, 3.63) is 63.0 Å². The van der Waals surface area contributed by atoms with E-state index in [0.717, 1.165) is 49.1 Å². The summed E-state index contributed by atoms with van der Waals surface area (Å²) in [6, 6.07) is 6.66. The van der Waals surface area contributed by atoms with Crippen molar-refractivity contribution in [1.82, 2.24) is 20.2 Å². The van der Waals surface area contributed by atoms with Crippen LogP contribution in [-0.2, 0) is 7.05 Å². The van der Waals surface area contributed by atoms with Gasteiger partial charge in [0.15, 0.2) is 0 Å². The van der Waals surface area contributed by atoms with Crippen LogP contribution < -0.4 is 5.32 Å². The molecule has 1 aliphatic rings. The largest absolute Gasteiger partial charge is 0.319 e. The van der Waals surface area contributed by atoms with Crippen LogP contribution in [0.3, 0.4) is 0 Å². The Balaban J connectivity index is 1.67. The number of nitro groups is 1. The molecule has 168 valence electrons. The second-order valence-electron chi connectivity index (χ2n) is 7.62. The molecule has 1 N–H and O–H groups in total. The van der Waals surface area contributed by atoms with Crippen molar-refractivity contribution in [2.45, 2.75) is 41.7 Å². The molecule has 0 bridgehead atoms. The summed E-state index contributed by atoms with van der Waals surface area (Å²) in [6.07, 6.45) is 9.71. The van der Waals surface area contributed by atoms with Gasteiger partial charge in [-0.25, -0.2) is 9.07 Å². The number of amides is 1. The summed E-state index contributed by atoms with van der Waals surface area (Å²) in [5, 5.41) is 25.3. The Labute approximate surface area is 192 Å². The molecule has 1 heterocycles. The van der Waals surface area contributed by atoms with Gasteiger partial charge < -0.3 is 5.32 Å². The van der Waals surface area contributed by atoms with Gasteiger partial charge in [0.05, 0.1) is 16.2 Å². The highest BCUT2D eigenvalue weighted by molar-refractivity contribution is 7.99. The molecule has 4 rings (SSSR count). The monoisotopic (exact) mass is 466 g/mol. The average Bonchev–Trinajstić information content (AvgIpc) is 3.47. The van der Waals surface area contributed by atoms with E-state index in [9.17, 15) is 19.3 Å². The summed E-state index contributed by atoms with van der Waals surface area (Å²) >= 11 is 1.06. The quantitative estimate of drug-likeness (QED) is 0.327. The molecule has 1 saturated carbocycles. The lowest BCUT2D eigenvalue weighted by molar-refractivity contribution is -0.384. The Morgan fingerprint density at radius 2 is 2.09 bits per heavy atom. The van der Waals surface area contributed by atoms with Crippen molar-refractivity contribution in [3.8, 4) is 12.3 Å². The molecule has 0 aliphatic heterocycles. The van der Waals surface area contributed by atoms with Crippen LogP contribution in [0.2, 0.25) is 0 Å². The number of carbonyl (C=O) groups excluding carboxylic acids is 1. The number of aryl methyl sites for hydroxylation is 1.